The number of hydrogen-bond acceptors (Lipinski definition) is 5. The molecule has 0 aliphatic carbocycles. The van der Waals surface area contributed by atoms with Gasteiger partial charge >= 0.3 is 5.97 Å². The van der Waals surface area contributed by atoms with Gasteiger partial charge in [0.05, 0.1) is 5.41 Å². The highest BCUT2D eigenvalue weighted by atomic mass is 16.5. The summed E-state index contributed by atoms with van der Waals surface area (Å²) in [5.41, 5.74) is -0.515. The first-order valence-electron chi connectivity index (χ1n) is 6.60. The maximum Gasteiger partial charge on any atom is 0.311 e. The molecule has 6 heteroatoms. The number of aliphatic hydroxyl groups excluding tert-OH is 1. The van der Waals surface area contributed by atoms with Crippen molar-refractivity contribution in [3.63, 3.8) is 0 Å². The summed E-state index contributed by atoms with van der Waals surface area (Å²) in [5, 5.41) is 15.2. The van der Waals surface area contributed by atoms with Crippen LogP contribution in [0.3, 0.4) is 0 Å². The summed E-state index contributed by atoms with van der Waals surface area (Å²) in [7, 11) is 0. The van der Waals surface area contributed by atoms with Crippen molar-refractivity contribution in [2.45, 2.75) is 40.2 Å². The minimum Gasteiger partial charge on any atom is -0.462 e. The normalized spacial score (nSPS) is 12.9. The van der Waals surface area contributed by atoms with E-state index in [0.717, 1.165) is 0 Å². The standard InChI is InChI=1S/C13H26N2O4/c1-5-13(3,4)12(18)19-9-11(17)8-14-6-7-15-10(2)16/h11,14,17H,5-9H2,1-4H3,(H,15,16). The van der Waals surface area contributed by atoms with Gasteiger partial charge in [-0.3, -0.25) is 9.59 Å². The third-order valence-electron chi connectivity index (χ3n) is 2.90. The molecule has 0 spiro atoms. The van der Waals surface area contributed by atoms with E-state index in [2.05, 4.69) is 10.6 Å². The van der Waals surface area contributed by atoms with Gasteiger partial charge in [-0.05, 0) is 20.3 Å². The predicted molar refractivity (Wildman–Crippen MR) is 72.6 cm³/mol. The van der Waals surface area contributed by atoms with Gasteiger partial charge in [-0.2, -0.15) is 0 Å². The lowest BCUT2D eigenvalue weighted by Crippen LogP contribution is -2.37. The van der Waals surface area contributed by atoms with Crippen LogP contribution >= 0.6 is 0 Å². The van der Waals surface area contributed by atoms with Gasteiger partial charge in [-0.1, -0.05) is 6.92 Å². The average molecular weight is 274 g/mol. The zero-order chi connectivity index (χ0) is 14.9. The fraction of sp³-hybridized carbons (Fsp3) is 0.846. The number of nitrogens with one attached hydrogen (secondary N) is 2. The maximum absolute atomic E-state index is 11.7. The number of amides is 1. The van der Waals surface area contributed by atoms with E-state index in [4.69, 9.17) is 4.74 Å². The van der Waals surface area contributed by atoms with E-state index in [1.807, 2.05) is 20.8 Å². The molecule has 19 heavy (non-hydrogen) atoms. The summed E-state index contributed by atoms with van der Waals surface area (Å²) in [5.74, 6) is -0.384. The second kappa shape index (κ2) is 8.87. The Morgan fingerprint density at radius 1 is 1.32 bits per heavy atom. The molecule has 0 rings (SSSR count). The zero-order valence-corrected chi connectivity index (χ0v) is 12.3. The van der Waals surface area contributed by atoms with Gasteiger partial charge in [0.25, 0.3) is 0 Å². The summed E-state index contributed by atoms with van der Waals surface area (Å²) in [6, 6.07) is 0. The van der Waals surface area contributed by atoms with Crippen LogP contribution in [0.2, 0.25) is 0 Å². The van der Waals surface area contributed by atoms with Gasteiger partial charge in [0.15, 0.2) is 0 Å². The van der Waals surface area contributed by atoms with Crippen molar-refractivity contribution in [1.29, 1.82) is 0 Å². The largest absolute Gasteiger partial charge is 0.462 e. The highest BCUT2D eigenvalue weighted by Crippen LogP contribution is 2.21. The number of ether oxygens (including phenoxy) is 1. The van der Waals surface area contributed by atoms with Crippen LogP contribution in [0.15, 0.2) is 0 Å². The molecule has 112 valence electrons. The molecule has 0 saturated carbocycles. The summed E-state index contributed by atoms with van der Waals surface area (Å²) < 4.78 is 5.06. The van der Waals surface area contributed by atoms with E-state index in [0.29, 0.717) is 26.1 Å². The number of hydrogen-bond donors (Lipinski definition) is 3. The zero-order valence-electron chi connectivity index (χ0n) is 12.3. The summed E-state index contributed by atoms with van der Waals surface area (Å²) in [6.07, 6.45) is -0.0504. The minimum absolute atomic E-state index is 0.0185. The molecule has 0 saturated heterocycles. The quantitative estimate of drug-likeness (QED) is 0.408. The smallest absolute Gasteiger partial charge is 0.311 e. The summed E-state index contributed by atoms with van der Waals surface area (Å²) in [4.78, 5) is 22.2. The molecule has 1 atom stereocenters. The molecule has 3 N–H and O–H groups in total. The molecule has 1 amide bonds. The van der Waals surface area contributed by atoms with Crippen molar-refractivity contribution < 1.29 is 19.4 Å². The molecular formula is C13H26N2O4. The van der Waals surface area contributed by atoms with E-state index in [9.17, 15) is 14.7 Å². The monoisotopic (exact) mass is 274 g/mol. The van der Waals surface area contributed by atoms with Crippen molar-refractivity contribution in [2.75, 3.05) is 26.2 Å². The highest BCUT2D eigenvalue weighted by molar-refractivity contribution is 5.75. The van der Waals surface area contributed by atoms with Crippen molar-refractivity contribution in [3.8, 4) is 0 Å². The minimum atomic E-state index is -0.742. The number of esters is 1. The lowest BCUT2D eigenvalue weighted by molar-refractivity contribution is -0.157. The van der Waals surface area contributed by atoms with Gasteiger partial charge in [0.2, 0.25) is 5.91 Å². The highest BCUT2D eigenvalue weighted by Gasteiger charge is 2.27. The van der Waals surface area contributed by atoms with Crippen LogP contribution in [0, 0.1) is 5.41 Å². The predicted octanol–water partition coefficient (Wildman–Crippen LogP) is 0.0524. The second-order valence-electron chi connectivity index (χ2n) is 5.18. The van der Waals surface area contributed by atoms with Crippen molar-refractivity contribution in [2.24, 2.45) is 5.41 Å². The molecule has 0 aromatic heterocycles. The van der Waals surface area contributed by atoms with Crippen molar-refractivity contribution >= 4 is 11.9 Å². The fourth-order valence-corrected chi connectivity index (χ4v) is 1.17. The van der Waals surface area contributed by atoms with Crippen molar-refractivity contribution in [1.82, 2.24) is 10.6 Å². The summed E-state index contributed by atoms with van der Waals surface area (Å²) in [6.45, 7) is 8.36. The SMILES string of the molecule is CCC(C)(C)C(=O)OCC(O)CNCCNC(C)=O. The van der Waals surface area contributed by atoms with Gasteiger partial charge in [-0.15, -0.1) is 0 Å². The molecular weight excluding hydrogens is 248 g/mol. The molecule has 0 aromatic carbocycles. The molecule has 0 fully saturated rings. The third kappa shape index (κ3) is 8.56. The van der Waals surface area contributed by atoms with E-state index < -0.39 is 11.5 Å². The molecule has 1 unspecified atom stereocenters. The van der Waals surface area contributed by atoms with Crippen LogP contribution in [0.1, 0.15) is 34.1 Å². The van der Waals surface area contributed by atoms with Gasteiger partial charge in [0, 0.05) is 26.6 Å². The van der Waals surface area contributed by atoms with Gasteiger partial charge < -0.3 is 20.5 Å². The first kappa shape index (κ1) is 17.9. The molecule has 0 heterocycles. The Kier molecular flexibility index (Phi) is 8.34. The van der Waals surface area contributed by atoms with E-state index >= 15 is 0 Å². The first-order chi connectivity index (χ1) is 8.79. The van der Waals surface area contributed by atoms with E-state index in [-0.39, 0.29) is 18.5 Å². The summed E-state index contributed by atoms with van der Waals surface area (Å²) >= 11 is 0. The lowest BCUT2D eigenvalue weighted by atomic mass is 9.91. The third-order valence-corrected chi connectivity index (χ3v) is 2.90. The Balaban J connectivity index is 3.67. The van der Waals surface area contributed by atoms with Crippen LogP contribution in [-0.2, 0) is 14.3 Å². The number of rotatable bonds is 9. The Labute approximate surface area is 114 Å². The molecule has 0 aliphatic heterocycles. The molecule has 6 nitrogen and oxygen atoms in total. The lowest BCUT2D eigenvalue weighted by Gasteiger charge is -2.21. The Morgan fingerprint density at radius 2 is 1.95 bits per heavy atom. The van der Waals surface area contributed by atoms with E-state index in [1.54, 1.807) is 0 Å². The molecule has 0 radical (unpaired) electrons. The second-order valence-corrected chi connectivity index (χ2v) is 5.18. The number of carbonyl (C=O) groups excluding carboxylic acids is 2. The Morgan fingerprint density at radius 3 is 2.47 bits per heavy atom. The topological polar surface area (TPSA) is 87.7 Å². The molecule has 0 aromatic rings. The Hall–Kier alpha value is -1.14. The van der Waals surface area contributed by atoms with Gasteiger partial charge in [0.1, 0.15) is 12.7 Å². The maximum atomic E-state index is 11.7. The van der Waals surface area contributed by atoms with Gasteiger partial charge in [-0.25, -0.2) is 0 Å². The number of aliphatic hydroxyl groups is 1. The van der Waals surface area contributed by atoms with Crippen molar-refractivity contribution in [3.05, 3.63) is 0 Å². The van der Waals surface area contributed by atoms with Crippen LogP contribution in [-0.4, -0.2) is 49.3 Å². The first-order valence-corrected chi connectivity index (χ1v) is 6.60. The fourth-order valence-electron chi connectivity index (χ4n) is 1.17. The van der Waals surface area contributed by atoms with Crippen LogP contribution in [0.25, 0.3) is 0 Å². The van der Waals surface area contributed by atoms with Crippen LogP contribution < -0.4 is 10.6 Å². The Bertz CT molecular complexity index is 292. The molecule has 0 bridgehead atoms. The van der Waals surface area contributed by atoms with E-state index in [1.165, 1.54) is 6.92 Å². The van der Waals surface area contributed by atoms with Crippen LogP contribution in [0.4, 0.5) is 0 Å². The number of carbonyl (C=O) groups is 2. The van der Waals surface area contributed by atoms with Crippen LogP contribution in [0.5, 0.6) is 0 Å². The average Bonchev–Trinajstić information content (AvgIpc) is 2.34. The molecule has 0 aliphatic rings.